The second-order valence-electron chi connectivity index (χ2n) is 4.39. The Balaban J connectivity index is 1.97. The molecule has 0 fully saturated rings. The average molecular weight is 270 g/mol. The van der Waals surface area contributed by atoms with Gasteiger partial charge >= 0.3 is 0 Å². The first-order chi connectivity index (χ1) is 9.22. The standard InChI is InChI=1S/C15H12ClN3/c1-11-5-7-12(8-6-11)15-10-19(18-17-15)14-4-2-3-13(16)9-14/h2-10H,1H3. The zero-order valence-electron chi connectivity index (χ0n) is 10.4. The zero-order valence-corrected chi connectivity index (χ0v) is 11.2. The summed E-state index contributed by atoms with van der Waals surface area (Å²) in [5.74, 6) is 0. The average Bonchev–Trinajstić information content (AvgIpc) is 2.89. The molecular weight excluding hydrogens is 258 g/mol. The molecule has 0 spiro atoms. The number of aromatic nitrogens is 3. The van der Waals surface area contributed by atoms with E-state index in [4.69, 9.17) is 11.6 Å². The molecule has 0 aliphatic rings. The van der Waals surface area contributed by atoms with Gasteiger partial charge in [-0.3, -0.25) is 0 Å². The second-order valence-corrected chi connectivity index (χ2v) is 4.83. The van der Waals surface area contributed by atoms with Gasteiger partial charge in [-0.2, -0.15) is 0 Å². The molecule has 0 amide bonds. The van der Waals surface area contributed by atoms with Crippen molar-refractivity contribution >= 4 is 11.6 Å². The highest BCUT2D eigenvalue weighted by Crippen LogP contribution is 2.19. The quantitative estimate of drug-likeness (QED) is 0.706. The van der Waals surface area contributed by atoms with Crippen LogP contribution in [-0.4, -0.2) is 15.0 Å². The van der Waals surface area contributed by atoms with E-state index in [1.165, 1.54) is 5.56 Å². The molecule has 0 radical (unpaired) electrons. The fourth-order valence-electron chi connectivity index (χ4n) is 1.87. The van der Waals surface area contributed by atoms with Gasteiger partial charge in [-0.1, -0.05) is 52.7 Å². The molecule has 0 atom stereocenters. The van der Waals surface area contributed by atoms with Gasteiger partial charge in [0.05, 0.1) is 11.9 Å². The van der Waals surface area contributed by atoms with Crippen LogP contribution in [0, 0.1) is 6.92 Å². The summed E-state index contributed by atoms with van der Waals surface area (Å²) in [6, 6.07) is 15.7. The summed E-state index contributed by atoms with van der Waals surface area (Å²) in [6.45, 7) is 2.06. The van der Waals surface area contributed by atoms with Crippen molar-refractivity contribution in [2.45, 2.75) is 6.92 Å². The third kappa shape index (κ3) is 2.51. The van der Waals surface area contributed by atoms with Crippen molar-refractivity contribution < 1.29 is 0 Å². The van der Waals surface area contributed by atoms with Crippen LogP contribution in [0.4, 0.5) is 0 Å². The summed E-state index contributed by atoms with van der Waals surface area (Å²) in [5.41, 5.74) is 4.03. The van der Waals surface area contributed by atoms with Gasteiger partial charge in [-0.15, -0.1) is 5.10 Å². The van der Waals surface area contributed by atoms with E-state index in [1.54, 1.807) is 4.68 Å². The SMILES string of the molecule is Cc1ccc(-c2cn(-c3cccc(Cl)c3)nn2)cc1. The summed E-state index contributed by atoms with van der Waals surface area (Å²) >= 11 is 5.97. The van der Waals surface area contributed by atoms with Crippen LogP contribution in [0.3, 0.4) is 0 Å². The Morgan fingerprint density at radius 2 is 1.84 bits per heavy atom. The first-order valence-electron chi connectivity index (χ1n) is 5.98. The van der Waals surface area contributed by atoms with Gasteiger partial charge in [0.1, 0.15) is 5.69 Å². The number of hydrogen-bond acceptors (Lipinski definition) is 2. The van der Waals surface area contributed by atoms with Crippen molar-refractivity contribution in [2.75, 3.05) is 0 Å². The molecule has 3 nitrogen and oxygen atoms in total. The van der Waals surface area contributed by atoms with Gasteiger partial charge in [0.2, 0.25) is 0 Å². The van der Waals surface area contributed by atoms with Crippen LogP contribution in [-0.2, 0) is 0 Å². The van der Waals surface area contributed by atoms with Crippen molar-refractivity contribution in [3.63, 3.8) is 0 Å². The highest BCUT2D eigenvalue weighted by Gasteiger charge is 2.05. The number of aryl methyl sites for hydroxylation is 1. The molecule has 1 aromatic heterocycles. The van der Waals surface area contributed by atoms with Crippen molar-refractivity contribution in [2.24, 2.45) is 0 Å². The Morgan fingerprint density at radius 1 is 1.05 bits per heavy atom. The summed E-state index contributed by atoms with van der Waals surface area (Å²) in [5, 5.41) is 9.01. The Bertz CT molecular complexity index is 701. The molecule has 3 aromatic rings. The number of hydrogen-bond donors (Lipinski definition) is 0. The van der Waals surface area contributed by atoms with Gasteiger partial charge in [0.15, 0.2) is 0 Å². The van der Waals surface area contributed by atoms with Gasteiger partial charge in [-0.25, -0.2) is 4.68 Å². The van der Waals surface area contributed by atoms with Crippen molar-refractivity contribution in [1.82, 2.24) is 15.0 Å². The molecule has 0 saturated carbocycles. The van der Waals surface area contributed by atoms with E-state index in [0.29, 0.717) is 5.02 Å². The van der Waals surface area contributed by atoms with Crippen LogP contribution < -0.4 is 0 Å². The van der Waals surface area contributed by atoms with Crippen LogP contribution >= 0.6 is 11.6 Å². The lowest BCUT2D eigenvalue weighted by molar-refractivity contribution is 0.804. The molecule has 94 valence electrons. The minimum Gasteiger partial charge on any atom is -0.220 e. The van der Waals surface area contributed by atoms with Crippen molar-refractivity contribution in [1.29, 1.82) is 0 Å². The zero-order chi connectivity index (χ0) is 13.2. The molecule has 0 aliphatic carbocycles. The molecule has 0 bridgehead atoms. The number of benzene rings is 2. The first-order valence-corrected chi connectivity index (χ1v) is 6.35. The Kier molecular flexibility index (Phi) is 3.05. The molecule has 0 N–H and O–H groups in total. The summed E-state index contributed by atoms with van der Waals surface area (Å²) in [7, 11) is 0. The third-order valence-electron chi connectivity index (χ3n) is 2.91. The monoisotopic (exact) mass is 269 g/mol. The summed E-state index contributed by atoms with van der Waals surface area (Å²) in [6.07, 6.45) is 1.90. The topological polar surface area (TPSA) is 30.7 Å². The van der Waals surface area contributed by atoms with Crippen LogP contribution in [0.5, 0.6) is 0 Å². The summed E-state index contributed by atoms with van der Waals surface area (Å²) in [4.78, 5) is 0. The fourth-order valence-corrected chi connectivity index (χ4v) is 2.05. The molecular formula is C15H12ClN3. The molecule has 0 unspecified atom stereocenters. The smallest absolute Gasteiger partial charge is 0.113 e. The van der Waals surface area contributed by atoms with E-state index in [-0.39, 0.29) is 0 Å². The maximum atomic E-state index is 5.97. The lowest BCUT2D eigenvalue weighted by Crippen LogP contribution is -1.93. The minimum atomic E-state index is 0.685. The fraction of sp³-hybridized carbons (Fsp3) is 0.0667. The lowest BCUT2D eigenvalue weighted by Gasteiger charge is -1.99. The highest BCUT2D eigenvalue weighted by atomic mass is 35.5. The molecule has 1 heterocycles. The van der Waals surface area contributed by atoms with E-state index in [1.807, 2.05) is 42.6 Å². The highest BCUT2D eigenvalue weighted by molar-refractivity contribution is 6.30. The molecule has 0 aliphatic heterocycles. The van der Waals surface area contributed by atoms with Gasteiger partial charge in [0.25, 0.3) is 0 Å². The predicted octanol–water partition coefficient (Wildman–Crippen LogP) is 3.90. The Labute approximate surface area is 116 Å². The largest absolute Gasteiger partial charge is 0.220 e. The van der Waals surface area contributed by atoms with E-state index < -0.39 is 0 Å². The lowest BCUT2D eigenvalue weighted by atomic mass is 10.1. The van der Waals surface area contributed by atoms with Gasteiger partial charge in [0, 0.05) is 10.6 Å². The second kappa shape index (κ2) is 4.86. The van der Waals surface area contributed by atoms with Crippen LogP contribution in [0.1, 0.15) is 5.56 Å². The predicted molar refractivity (Wildman–Crippen MR) is 76.5 cm³/mol. The van der Waals surface area contributed by atoms with Crippen molar-refractivity contribution in [3.05, 3.63) is 65.3 Å². The number of rotatable bonds is 2. The molecule has 0 saturated heterocycles. The third-order valence-corrected chi connectivity index (χ3v) is 3.15. The maximum absolute atomic E-state index is 5.97. The molecule has 2 aromatic carbocycles. The minimum absolute atomic E-state index is 0.685. The number of halogens is 1. The Hall–Kier alpha value is -2.13. The van der Waals surface area contributed by atoms with Gasteiger partial charge < -0.3 is 0 Å². The van der Waals surface area contributed by atoms with Crippen LogP contribution in [0.25, 0.3) is 16.9 Å². The number of nitrogens with zero attached hydrogens (tertiary/aromatic N) is 3. The van der Waals surface area contributed by atoms with Crippen LogP contribution in [0.2, 0.25) is 5.02 Å². The summed E-state index contributed by atoms with van der Waals surface area (Å²) < 4.78 is 1.72. The maximum Gasteiger partial charge on any atom is 0.113 e. The Morgan fingerprint density at radius 3 is 2.58 bits per heavy atom. The van der Waals surface area contributed by atoms with E-state index in [9.17, 15) is 0 Å². The first kappa shape index (κ1) is 11.9. The molecule has 3 rings (SSSR count). The van der Waals surface area contributed by atoms with Crippen LogP contribution in [0.15, 0.2) is 54.7 Å². The van der Waals surface area contributed by atoms with Gasteiger partial charge in [-0.05, 0) is 25.1 Å². The van der Waals surface area contributed by atoms with E-state index in [2.05, 4.69) is 29.4 Å². The van der Waals surface area contributed by atoms with Crippen molar-refractivity contribution in [3.8, 4) is 16.9 Å². The van der Waals surface area contributed by atoms with E-state index in [0.717, 1.165) is 16.9 Å². The normalized spacial score (nSPS) is 10.6. The molecule has 19 heavy (non-hydrogen) atoms. The van der Waals surface area contributed by atoms with E-state index >= 15 is 0 Å². The molecule has 4 heteroatoms.